The first-order valence-electron chi connectivity index (χ1n) is 3.94. The molecule has 0 radical (unpaired) electrons. The smallest absolute Gasteiger partial charge is 0.199 e. The predicted molar refractivity (Wildman–Crippen MR) is 56.5 cm³/mol. The van der Waals surface area contributed by atoms with Gasteiger partial charge in [0.15, 0.2) is 11.6 Å². The highest BCUT2D eigenvalue weighted by Gasteiger charge is 2.18. The average Bonchev–Trinajstić information content (AvgIpc) is 2.59. The molecule has 0 saturated heterocycles. The fraction of sp³-hybridized carbons (Fsp3) is 0.250. The van der Waals surface area contributed by atoms with Crippen LogP contribution in [0, 0.1) is 13.8 Å². The van der Waals surface area contributed by atoms with Gasteiger partial charge in [0.1, 0.15) is 5.02 Å². The van der Waals surface area contributed by atoms with Crippen LogP contribution in [0.3, 0.4) is 0 Å². The lowest BCUT2D eigenvalue weighted by Crippen LogP contribution is -1.83. The molecule has 0 aliphatic heterocycles. The summed E-state index contributed by atoms with van der Waals surface area (Å²) >= 11 is 7.43. The lowest BCUT2D eigenvalue weighted by molar-refractivity contribution is 0.436. The van der Waals surface area contributed by atoms with Crippen LogP contribution in [0.15, 0.2) is 4.52 Å². The maximum atomic E-state index is 5.92. The van der Waals surface area contributed by atoms with E-state index in [0.29, 0.717) is 10.8 Å². The van der Waals surface area contributed by atoms with Crippen molar-refractivity contribution in [2.24, 2.45) is 0 Å². The van der Waals surface area contributed by atoms with E-state index in [1.807, 2.05) is 13.8 Å². The van der Waals surface area contributed by atoms with Crippen molar-refractivity contribution in [2.75, 3.05) is 5.73 Å². The zero-order valence-corrected chi connectivity index (χ0v) is 9.24. The van der Waals surface area contributed by atoms with Crippen molar-refractivity contribution < 1.29 is 4.52 Å². The van der Waals surface area contributed by atoms with Crippen molar-refractivity contribution in [1.29, 1.82) is 0 Å². The zero-order chi connectivity index (χ0) is 10.3. The van der Waals surface area contributed by atoms with Crippen molar-refractivity contribution in [3.05, 3.63) is 15.7 Å². The van der Waals surface area contributed by atoms with Crippen LogP contribution < -0.4 is 5.73 Å². The SMILES string of the molecule is Cc1nc(C)c(-c2onc(N)c2Cl)s1. The van der Waals surface area contributed by atoms with E-state index < -0.39 is 0 Å². The largest absolute Gasteiger partial charge is 0.380 e. The molecule has 14 heavy (non-hydrogen) atoms. The Labute approximate surface area is 89.7 Å². The molecule has 0 unspecified atom stereocenters. The molecular weight excluding hydrogens is 222 g/mol. The topological polar surface area (TPSA) is 64.9 Å². The Kier molecular flexibility index (Phi) is 2.20. The van der Waals surface area contributed by atoms with Gasteiger partial charge in [-0.1, -0.05) is 16.8 Å². The molecule has 2 aromatic heterocycles. The van der Waals surface area contributed by atoms with Gasteiger partial charge < -0.3 is 10.3 Å². The Balaban J connectivity index is 2.59. The van der Waals surface area contributed by atoms with Crippen LogP contribution in [-0.2, 0) is 0 Å². The lowest BCUT2D eigenvalue weighted by Gasteiger charge is -1.90. The average molecular weight is 230 g/mol. The second-order valence-corrected chi connectivity index (χ2v) is 4.44. The number of rotatable bonds is 1. The molecule has 2 rings (SSSR count). The van der Waals surface area contributed by atoms with Crippen LogP contribution in [0.1, 0.15) is 10.7 Å². The molecule has 0 saturated carbocycles. The second kappa shape index (κ2) is 3.25. The van der Waals surface area contributed by atoms with E-state index in [1.54, 1.807) is 0 Å². The van der Waals surface area contributed by atoms with Gasteiger partial charge in [-0.05, 0) is 13.8 Å². The standard InChI is InChI=1S/C8H8ClN3OS/c1-3-7(14-4(2)11-3)6-5(9)8(10)12-13-6/h1-2H3,(H2,10,12). The van der Waals surface area contributed by atoms with Gasteiger partial charge >= 0.3 is 0 Å². The van der Waals surface area contributed by atoms with E-state index in [0.717, 1.165) is 15.6 Å². The minimum atomic E-state index is 0.215. The van der Waals surface area contributed by atoms with E-state index in [2.05, 4.69) is 10.1 Å². The summed E-state index contributed by atoms with van der Waals surface area (Å²) in [5, 5.41) is 4.91. The van der Waals surface area contributed by atoms with Gasteiger partial charge in [-0.15, -0.1) is 11.3 Å². The van der Waals surface area contributed by atoms with Crippen LogP contribution >= 0.6 is 22.9 Å². The zero-order valence-electron chi connectivity index (χ0n) is 7.67. The number of hydrogen-bond acceptors (Lipinski definition) is 5. The van der Waals surface area contributed by atoms with Gasteiger partial charge in [0, 0.05) is 0 Å². The second-order valence-electron chi connectivity index (χ2n) is 2.86. The highest BCUT2D eigenvalue weighted by molar-refractivity contribution is 7.15. The third-order valence-corrected chi connectivity index (χ3v) is 3.21. The van der Waals surface area contributed by atoms with Crippen molar-refractivity contribution in [3.63, 3.8) is 0 Å². The third kappa shape index (κ3) is 1.38. The molecule has 2 heterocycles. The molecule has 0 spiro atoms. The first-order valence-corrected chi connectivity index (χ1v) is 5.14. The molecule has 0 fully saturated rings. The number of halogens is 1. The van der Waals surface area contributed by atoms with Crippen molar-refractivity contribution in [2.45, 2.75) is 13.8 Å². The summed E-state index contributed by atoms with van der Waals surface area (Å²) in [5.41, 5.74) is 6.36. The lowest BCUT2D eigenvalue weighted by atomic mass is 10.3. The summed E-state index contributed by atoms with van der Waals surface area (Å²) in [5.74, 6) is 0.722. The van der Waals surface area contributed by atoms with Gasteiger partial charge in [0.2, 0.25) is 0 Å². The van der Waals surface area contributed by atoms with Gasteiger partial charge in [0.05, 0.1) is 15.6 Å². The first-order chi connectivity index (χ1) is 6.59. The van der Waals surface area contributed by atoms with E-state index >= 15 is 0 Å². The summed E-state index contributed by atoms with van der Waals surface area (Å²) in [7, 11) is 0. The van der Waals surface area contributed by atoms with Crippen LogP contribution in [-0.4, -0.2) is 10.1 Å². The summed E-state index contributed by atoms with van der Waals surface area (Å²) in [4.78, 5) is 5.15. The monoisotopic (exact) mass is 229 g/mol. The maximum Gasteiger partial charge on any atom is 0.199 e. The van der Waals surface area contributed by atoms with E-state index in [1.165, 1.54) is 11.3 Å². The Morgan fingerprint density at radius 2 is 2.14 bits per heavy atom. The highest BCUT2D eigenvalue weighted by Crippen LogP contribution is 2.37. The van der Waals surface area contributed by atoms with E-state index in [-0.39, 0.29) is 5.82 Å². The van der Waals surface area contributed by atoms with Crippen LogP contribution in [0.4, 0.5) is 5.82 Å². The van der Waals surface area contributed by atoms with Crippen LogP contribution in [0.5, 0.6) is 0 Å². The fourth-order valence-corrected chi connectivity index (χ4v) is 2.30. The number of aromatic nitrogens is 2. The van der Waals surface area contributed by atoms with Crippen LogP contribution in [0.25, 0.3) is 10.6 Å². The first kappa shape index (κ1) is 9.48. The quantitative estimate of drug-likeness (QED) is 0.817. The molecule has 2 aromatic rings. The molecule has 0 aromatic carbocycles. The number of nitrogen functional groups attached to an aromatic ring is 1. The maximum absolute atomic E-state index is 5.92. The Bertz CT molecular complexity index is 477. The van der Waals surface area contributed by atoms with E-state index in [9.17, 15) is 0 Å². The molecule has 6 heteroatoms. The number of aryl methyl sites for hydroxylation is 2. The number of hydrogen-bond donors (Lipinski definition) is 1. The summed E-state index contributed by atoms with van der Waals surface area (Å²) in [6.07, 6.45) is 0. The van der Waals surface area contributed by atoms with Gasteiger partial charge in [-0.2, -0.15) is 0 Å². The van der Waals surface area contributed by atoms with Crippen molar-refractivity contribution >= 4 is 28.8 Å². The predicted octanol–water partition coefficient (Wildman–Crippen LogP) is 2.65. The highest BCUT2D eigenvalue weighted by atomic mass is 35.5. The van der Waals surface area contributed by atoms with E-state index in [4.69, 9.17) is 21.9 Å². The minimum Gasteiger partial charge on any atom is -0.380 e. The summed E-state index contributed by atoms with van der Waals surface area (Å²) < 4.78 is 5.04. The Hall–Kier alpha value is -1.07. The fourth-order valence-electron chi connectivity index (χ4n) is 1.17. The number of nitrogens with two attached hydrogens (primary N) is 1. The summed E-state index contributed by atoms with van der Waals surface area (Å²) in [6.45, 7) is 3.82. The molecule has 2 N–H and O–H groups in total. The van der Waals surface area contributed by atoms with Crippen molar-refractivity contribution in [1.82, 2.24) is 10.1 Å². The summed E-state index contributed by atoms with van der Waals surface area (Å²) in [6, 6.07) is 0. The molecule has 0 aliphatic carbocycles. The minimum absolute atomic E-state index is 0.215. The third-order valence-electron chi connectivity index (χ3n) is 1.77. The number of anilines is 1. The molecule has 0 amide bonds. The number of nitrogens with zero attached hydrogens (tertiary/aromatic N) is 2. The van der Waals surface area contributed by atoms with Crippen LogP contribution in [0.2, 0.25) is 5.02 Å². The van der Waals surface area contributed by atoms with Gasteiger partial charge in [-0.3, -0.25) is 0 Å². The van der Waals surface area contributed by atoms with Crippen molar-refractivity contribution in [3.8, 4) is 10.6 Å². The number of thiazole rings is 1. The molecule has 0 bridgehead atoms. The van der Waals surface area contributed by atoms with Gasteiger partial charge in [0.25, 0.3) is 0 Å². The Morgan fingerprint density at radius 3 is 2.57 bits per heavy atom. The molecule has 0 aliphatic rings. The normalized spacial score (nSPS) is 10.8. The molecule has 4 nitrogen and oxygen atoms in total. The molecule has 0 atom stereocenters. The van der Waals surface area contributed by atoms with Gasteiger partial charge in [-0.25, -0.2) is 4.98 Å². The molecular formula is C8H8ClN3OS. The Morgan fingerprint density at radius 1 is 1.43 bits per heavy atom. The molecule has 74 valence electrons.